The average molecular weight is 354 g/mol. The highest BCUT2D eigenvalue weighted by Crippen LogP contribution is 2.21. The molecule has 3 aromatic rings. The Bertz CT molecular complexity index is 896. The molecule has 26 heavy (non-hydrogen) atoms. The number of hydrogen-bond acceptors (Lipinski definition) is 6. The summed E-state index contributed by atoms with van der Waals surface area (Å²) in [6.45, 7) is 2.79. The average Bonchev–Trinajstić information content (AvgIpc) is 3.31. The highest BCUT2D eigenvalue weighted by atomic mass is 16.6. The second-order valence-corrected chi connectivity index (χ2v) is 6.82. The number of carbonyl (C=O) groups is 1. The van der Waals surface area contributed by atoms with Gasteiger partial charge in [-0.15, -0.1) is 0 Å². The number of fused-ring (bicyclic) bond motifs is 1. The minimum absolute atomic E-state index is 0.0137. The van der Waals surface area contributed by atoms with E-state index in [0.717, 1.165) is 30.8 Å². The van der Waals surface area contributed by atoms with Gasteiger partial charge in [-0.2, -0.15) is 5.10 Å². The smallest absolute Gasteiger partial charge is 0.244 e. The van der Waals surface area contributed by atoms with Crippen LogP contribution in [0.2, 0.25) is 0 Å². The van der Waals surface area contributed by atoms with Crippen LogP contribution in [0, 0.1) is 0 Å². The van der Waals surface area contributed by atoms with Gasteiger partial charge in [0.25, 0.3) is 0 Å². The number of piperidine rings is 1. The molecule has 1 aromatic carbocycles. The van der Waals surface area contributed by atoms with Gasteiger partial charge >= 0.3 is 0 Å². The van der Waals surface area contributed by atoms with Crippen LogP contribution in [0.4, 0.5) is 0 Å². The van der Waals surface area contributed by atoms with Crippen LogP contribution in [0.1, 0.15) is 30.0 Å². The summed E-state index contributed by atoms with van der Waals surface area (Å²) in [5.74, 6) is 0.459. The molecule has 1 amide bonds. The van der Waals surface area contributed by atoms with E-state index in [1.807, 2.05) is 30.5 Å². The summed E-state index contributed by atoms with van der Waals surface area (Å²) >= 11 is 0. The minimum atomic E-state index is 0.0137. The first kappa shape index (κ1) is 16.7. The van der Waals surface area contributed by atoms with Crippen molar-refractivity contribution in [3.8, 4) is 0 Å². The maximum absolute atomic E-state index is 12.5. The van der Waals surface area contributed by atoms with Crippen molar-refractivity contribution in [3.05, 3.63) is 41.7 Å². The van der Waals surface area contributed by atoms with Crippen LogP contribution in [-0.2, 0) is 17.9 Å². The van der Waals surface area contributed by atoms with Gasteiger partial charge in [-0.1, -0.05) is 6.07 Å². The first-order valence-corrected chi connectivity index (χ1v) is 8.88. The molecule has 2 aromatic heterocycles. The molecule has 8 nitrogen and oxygen atoms in total. The highest BCUT2D eigenvalue weighted by molar-refractivity contribution is 5.76. The van der Waals surface area contributed by atoms with E-state index in [4.69, 9.17) is 4.63 Å². The lowest BCUT2D eigenvalue weighted by atomic mass is 9.97. The lowest BCUT2D eigenvalue weighted by Crippen LogP contribution is -2.30. The van der Waals surface area contributed by atoms with E-state index >= 15 is 0 Å². The molecule has 0 unspecified atom stereocenters. The van der Waals surface area contributed by atoms with Gasteiger partial charge in [0.2, 0.25) is 5.91 Å². The summed E-state index contributed by atoms with van der Waals surface area (Å²) in [6.07, 6.45) is 4.21. The lowest BCUT2D eigenvalue weighted by Gasteiger charge is -2.21. The number of nitrogens with one attached hydrogen (secondary N) is 1. The number of nitrogens with zero attached hydrogens (tertiary/aromatic N) is 5. The Balaban J connectivity index is 1.37. The molecule has 1 N–H and O–H groups in total. The van der Waals surface area contributed by atoms with Gasteiger partial charge in [-0.3, -0.25) is 9.48 Å². The quantitative estimate of drug-likeness (QED) is 0.748. The zero-order chi connectivity index (χ0) is 17.9. The van der Waals surface area contributed by atoms with E-state index in [1.54, 1.807) is 16.6 Å². The second kappa shape index (κ2) is 7.25. The van der Waals surface area contributed by atoms with Crippen molar-refractivity contribution >= 4 is 16.9 Å². The van der Waals surface area contributed by atoms with Gasteiger partial charge in [0, 0.05) is 32.3 Å². The number of likely N-dealkylation sites (N-methyl/N-ethyl adjacent to an activating group) is 1. The number of aromatic nitrogens is 4. The van der Waals surface area contributed by atoms with Crippen LogP contribution < -0.4 is 5.32 Å². The number of hydrogen-bond donors (Lipinski definition) is 1. The van der Waals surface area contributed by atoms with Crippen LogP contribution >= 0.6 is 0 Å². The van der Waals surface area contributed by atoms with Crippen molar-refractivity contribution in [1.29, 1.82) is 0 Å². The predicted molar refractivity (Wildman–Crippen MR) is 95.3 cm³/mol. The standard InChI is InChI=1S/C18H22N6O2/c1-23(11-13-4-5-16-17(9-13)22-26-21-16)18(25)12-24-8-6-15(20-24)14-3-2-7-19-10-14/h4-6,8-9,14,19H,2-3,7,10-12H2,1H3/t14-/m1/s1. The Morgan fingerprint density at radius 3 is 3.08 bits per heavy atom. The Hall–Kier alpha value is -2.74. The fourth-order valence-electron chi connectivity index (χ4n) is 3.33. The molecule has 3 heterocycles. The van der Waals surface area contributed by atoms with Crippen molar-refractivity contribution < 1.29 is 9.42 Å². The van der Waals surface area contributed by atoms with E-state index in [0.29, 0.717) is 23.5 Å². The molecule has 1 saturated heterocycles. The Morgan fingerprint density at radius 2 is 2.23 bits per heavy atom. The van der Waals surface area contributed by atoms with Gasteiger partial charge in [0.15, 0.2) is 0 Å². The van der Waals surface area contributed by atoms with Crippen LogP contribution in [0.5, 0.6) is 0 Å². The fourth-order valence-corrected chi connectivity index (χ4v) is 3.33. The lowest BCUT2D eigenvalue weighted by molar-refractivity contribution is -0.131. The molecule has 136 valence electrons. The minimum Gasteiger partial charge on any atom is -0.340 e. The monoisotopic (exact) mass is 354 g/mol. The molecular weight excluding hydrogens is 332 g/mol. The third-order valence-electron chi connectivity index (χ3n) is 4.84. The van der Waals surface area contributed by atoms with Crippen molar-refractivity contribution in [2.75, 3.05) is 20.1 Å². The molecule has 1 atom stereocenters. The molecule has 1 aliphatic heterocycles. The molecular formula is C18H22N6O2. The van der Waals surface area contributed by atoms with Crippen molar-refractivity contribution in [2.45, 2.75) is 31.8 Å². The molecule has 0 saturated carbocycles. The molecule has 0 aliphatic carbocycles. The summed E-state index contributed by atoms with van der Waals surface area (Å²) < 4.78 is 6.44. The SMILES string of the molecule is CN(Cc1ccc2nonc2c1)C(=O)Cn1ccc([C@@H]2CCCNC2)n1. The van der Waals surface area contributed by atoms with Gasteiger partial charge in [-0.05, 0) is 53.5 Å². The Labute approximate surface area is 151 Å². The van der Waals surface area contributed by atoms with Crippen molar-refractivity contribution in [2.24, 2.45) is 0 Å². The van der Waals surface area contributed by atoms with Gasteiger partial charge in [0.1, 0.15) is 17.6 Å². The summed E-state index contributed by atoms with van der Waals surface area (Å²) in [5, 5.41) is 15.6. The maximum atomic E-state index is 12.5. The first-order chi connectivity index (χ1) is 12.7. The van der Waals surface area contributed by atoms with Crippen LogP contribution in [-0.4, -0.2) is 51.0 Å². The molecule has 8 heteroatoms. The van der Waals surface area contributed by atoms with Crippen LogP contribution in [0.25, 0.3) is 11.0 Å². The first-order valence-electron chi connectivity index (χ1n) is 8.88. The van der Waals surface area contributed by atoms with Crippen LogP contribution in [0.3, 0.4) is 0 Å². The zero-order valence-corrected chi connectivity index (χ0v) is 14.8. The molecule has 0 bridgehead atoms. The predicted octanol–water partition coefficient (Wildman–Crippen LogP) is 1.54. The summed E-state index contributed by atoms with van der Waals surface area (Å²) in [6, 6.07) is 7.68. The van der Waals surface area contributed by atoms with E-state index < -0.39 is 0 Å². The molecule has 4 rings (SSSR count). The summed E-state index contributed by atoms with van der Waals surface area (Å²) in [7, 11) is 1.79. The Kier molecular flexibility index (Phi) is 4.66. The van der Waals surface area contributed by atoms with E-state index in [9.17, 15) is 4.79 Å². The van der Waals surface area contributed by atoms with E-state index in [1.165, 1.54) is 6.42 Å². The van der Waals surface area contributed by atoms with Crippen molar-refractivity contribution in [3.63, 3.8) is 0 Å². The van der Waals surface area contributed by atoms with E-state index in [-0.39, 0.29) is 12.5 Å². The normalized spacial score (nSPS) is 17.5. The van der Waals surface area contributed by atoms with Gasteiger partial charge in [-0.25, -0.2) is 4.63 Å². The maximum Gasteiger partial charge on any atom is 0.244 e. The largest absolute Gasteiger partial charge is 0.340 e. The Morgan fingerprint density at radius 1 is 1.35 bits per heavy atom. The topological polar surface area (TPSA) is 89.1 Å². The highest BCUT2D eigenvalue weighted by Gasteiger charge is 2.18. The fraction of sp³-hybridized carbons (Fsp3) is 0.444. The number of carbonyl (C=O) groups excluding carboxylic acids is 1. The van der Waals surface area contributed by atoms with Gasteiger partial charge in [0.05, 0.1) is 5.69 Å². The third kappa shape index (κ3) is 3.60. The molecule has 1 fully saturated rings. The summed E-state index contributed by atoms with van der Waals surface area (Å²) in [5.41, 5.74) is 3.46. The molecule has 1 aliphatic rings. The van der Waals surface area contributed by atoms with Gasteiger partial charge < -0.3 is 10.2 Å². The number of rotatable bonds is 5. The summed E-state index contributed by atoms with van der Waals surface area (Å²) in [4.78, 5) is 14.2. The van der Waals surface area contributed by atoms with E-state index in [2.05, 4.69) is 20.7 Å². The molecule has 0 spiro atoms. The second-order valence-electron chi connectivity index (χ2n) is 6.82. The number of amides is 1. The number of benzene rings is 1. The van der Waals surface area contributed by atoms with Crippen LogP contribution in [0.15, 0.2) is 35.1 Å². The molecule has 0 radical (unpaired) electrons. The zero-order valence-electron chi connectivity index (χ0n) is 14.8. The third-order valence-corrected chi connectivity index (χ3v) is 4.84. The van der Waals surface area contributed by atoms with Crippen molar-refractivity contribution in [1.82, 2.24) is 30.3 Å².